The number of nitrogens with zero attached hydrogens (tertiary/aromatic N) is 2. The molecule has 2 aromatic rings. The number of carbonyl (C=O) groups is 1. The van der Waals surface area contributed by atoms with Crippen molar-refractivity contribution in [3.05, 3.63) is 41.7 Å². The van der Waals surface area contributed by atoms with E-state index in [1.165, 1.54) is 0 Å². The topological polar surface area (TPSA) is 53.4 Å². The Morgan fingerprint density at radius 3 is 2.22 bits per heavy atom. The molecule has 0 unspecified atom stereocenters. The fraction of sp³-hybridized carbons (Fsp3) is 0.231. The number of ketones is 1. The Bertz CT molecular complexity index is 553. The molecule has 1 aromatic heterocycles. The highest BCUT2D eigenvalue weighted by atomic mass is 16.5. The predicted molar refractivity (Wildman–Crippen MR) is 66.2 cm³/mol. The van der Waals surface area contributed by atoms with Gasteiger partial charge in [0.15, 0.2) is 0 Å². The van der Waals surface area contributed by atoms with E-state index in [9.17, 15) is 4.79 Å². The monoisotopic (exact) mass is 246 g/mol. The number of hydrogen-bond acceptors (Lipinski definition) is 4. The first-order valence-electron chi connectivity index (χ1n) is 5.41. The molecule has 0 radical (unpaired) electrons. The van der Waals surface area contributed by atoms with E-state index in [2.05, 4.69) is 5.10 Å². The van der Waals surface area contributed by atoms with E-state index in [0.717, 1.165) is 0 Å². The minimum absolute atomic E-state index is 0.159. The van der Waals surface area contributed by atoms with Gasteiger partial charge in [0.1, 0.15) is 17.2 Å². The van der Waals surface area contributed by atoms with Crippen molar-refractivity contribution < 1.29 is 14.3 Å². The van der Waals surface area contributed by atoms with Crippen LogP contribution in [0.2, 0.25) is 0 Å². The van der Waals surface area contributed by atoms with Gasteiger partial charge in [-0.05, 0) is 18.2 Å². The van der Waals surface area contributed by atoms with Gasteiger partial charge < -0.3 is 9.47 Å². The number of hydrogen-bond donors (Lipinski definition) is 0. The van der Waals surface area contributed by atoms with Crippen LogP contribution in [0.4, 0.5) is 0 Å². The summed E-state index contributed by atoms with van der Waals surface area (Å²) in [6, 6.07) is 6.72. The number of benzene rings is 1. The molecule has 1 aromatic carbocycles. The van der Waals surface area contributed by atoms with Gasteiger partial charge in [0.25, 0.3) is 0 Å². The largest absolute Gasteiger partial charge is 0.497 e. The summed E-state index contributed by atoms with van der Waals surface area (Å²) in [4.78, 5) is 12.2. The number of methoxy groups -OCH3 is 2. The zero-order valence-corrected chi connectivity index (χ0v) is 10.5. The molecule has 0 bridgehead atoms. The second-order valence-corrected chi connectivity index (χ2v) is 3.81. The third-order valence-electron chi connectivity index (χ3n) is 2.56. The first kappa shape index (κ1) is 12.2. The lowest BCUT2D eigenvalue weighted by molar-refractivity contribution is 0.103. The van der Waals surface area contributed by atoms with Gasteiger partial charge in [-0.25, -0.2) is 0 Å². The van der Waals surface area contributed by atoms with E-state index < -0.39 is 0 Å². The van der Waals surface area contributed by atoms with Crippen LogP contribution in [-0.4, -0.2) is 29.8 Å². The summed E-state index contributed by atoms with van der Waals surface area (Å²) in [5.41, 5.74) is 0.887. The van der Waals surface area contributed by atoms with Crippen LogP contribution in [0.25, 0.3) is 0 Å². The molecule has 5 heteroatoms. The van der Waals surface area contributed by atoms with Crippen LogP contribution in [0.5, 0.6) is 11.5 Å². The van der Waals surface area contributed by atoms with E-state index in [-0.39, 0.29) is 5.78 Å². The van der Waals surface area contributed by atoms with Gasteiger partial charge in [-0.1, -0.05) is 0 Å². The van der Waals surface area contributed by atoms with Crippen molar-refractivity contribution in [3.63, 3.8) is 0 Å². The summed E-state index contributed by atoms with van der Waals surface area (Å²) in [6.07, 6.45) is 1.73. The maximum Gasteiger partial charge on any atom is 0.213 e. The summed E-state index contributed by atoms with van der Waals surface area (Å²) in [6.45, 7) is 0. The smallest absolute Gasteiger partial charge is 0.213 e. The molecule has 0 amide bonds. The first-order chi connectivity index (χ1) is 8.63. The maximum atomic E-state index is 12.2. The van der Waals surface area contributed by atoms with Gasteiger partial charge in [-0.3, -0.25) is 9.48 Å². The molecule has 0 spiro atoms. The molecule has 1 heterocycles. The van der Waals surface area contributed by atoms with E-state index in [1.807, 2.05) is 0 Å². The van der Waals surface area contributed by atoms with Crippen molar-refractivity contribution in [2.24, 2.45) is 7.05 Å². The normalized spacial score (nSPS) is 10.2. The lowest BCUT2D eigenvalue weighted by Crippen LogP contribution is -2.04. The van der Waals surface area contributed by atoms with E-state index in [4.69, 9.17) is 9.47 Å². The van der Waals surface area contributed by atoms with Crippen LogP contribution in [0.15, 0.2) is 30.5 Å². The number of rotatable bonds is 4. The predicted octanol–water partition coefficient (Wildman–Crippen LogP) is 1.67. The van der Waals surface area contributed by atoms with Crippen molar-refractivity contribution in [1.82, 2.24) is 9.78 Å². The molecule has 0 aliphatic carbocycles. The van der Waals surface area contributed by atoms with Gasteiger partial charge in [0, 0.05) is 24.9 Å². The van der Waals surface area contributed by atoms with E-state index in [1.54, 1.807) is 56.4 Å². The Labute approximate surface area is 105 Å². The summed E-state index contributed by atoms with van der Waals surface area (Å²) < 4.78 is 11.8. The minimum Gasteiger partial charge on any atom is -0.497 e. The lowest BCUT2D eigenvalue weighted by atomic mass is 10.1. The van der Waals surface area contributed by atoms with Crippen molar-refractivity contribution in [3.8, 4) is 11.5 Å². The fourth-order valence-corrected chi connectivity index (χ4v) is 1.62. The number of carbonyl (C=O) groups excluding carboxylic acids is 1. The van der Waals surface area contributed by atoms with Crippen LogP contribution in [0, 0.1) is 0 Å². The second kappa shape index (κ2) is 4.91. The molecule has 0 saturated heterocycles. The summed E-state index contributed by atoms with van der Waals surface area (Å²) in [5, 5.41) is 4.08. The highest BCUT2D eigenvalue weighted by molar-refractivity contribution is 6.08. The van der Waals surface area contributed by atoms with Crippen LogP contribution in [0.3, 0.4) is 0 Å². The fourth-order valence-electron chi connectivity index (χ4n) is 1.62. The summed E-state index contributed by atoms with van der Waals surface area (Å²) >= 11 is 0. The van der Waals surface area contributed by atoms with Gasteiger partial charge in [0.05, 0.1) is 14.2 Å². The third-order valence-corrected chi connectivity index (χ3v) is 2.56. The minimum atomic E-state index is -0.159. The number of aryl methyl sites for hydroxylation is 1. The SMILES string of the molecule is COc1cc(OC)cc(C(=O)c2ccn(C)n2)c1. The van der Waals surface area contributed by atoms with Crippen LogP contribution in [0.1, 0.15) is 16.1 Å². The Hall–Kier alpha value is -2.30. The standard InChI is InChI=1S/C13H14N2O3/c1-15-5-4-12(14-15)13(16)9-6-10(17-2)8-11(7-9)18-3/h4-8H,1-3H3. The molecule has 0 saturated carbocycles. The average molecular weight is 246 g/mol. The van der Waals surface area contributed by atoms with Crippen molar-refractivity contribution in [2.75, 3.05) is 14.2 Å². The molecule has 0 fully saturated rings. The van der Waals surface area contributed by atoms with Crippen molar-refractivity contribution in [1.29, 1.82) is 0 Å². The highest BCUT2D eigenvalue weighted by Gasteiger charge is 2.14. The molecule has 2 rings (SSSR count). The third kappa shape index (κ3) is 2.34. The highest BCUT2D eigenvalue weighted by Crippen LogP contribution is 2.23. The van der Waals surface area contributed by atoms with Crippen LogP contribution < -0.4 is 9.47 Å². The summed E-state index contributed by atoms with van der Waals surface area (Å²) in [7, 11) is 4.86. The number of aromatic nitrogens is 2. The molecule has 94 valence electrons. The van der Waals surface area contributed by atoms with Gasteiger partial charge in [-0.2, -0.15) is 5.10 Å². The van der Waals surface area contributed by atoms with Crippen molar-refractivity contribution >= 4 is 5.78 Å². The van der Waals surface area contributed by atoms with Gasteiger partial charge in [0.2, 0.25) is 5.78 Å². The van der Waals surface area contributed by atoms with E-state index >= 15 is 0 Å². The maximum absolute atomic E-state index is 12.2. The van der Waals surface area contributed by atoms with E-state index in [0.29, 0.717) is 22.8 Å². The quantitative estimate of drug-likeness (QED) is 0.770. The molecule has 18 heavy (non-hydrogen) atoms. The summed E-state index contributed by atoms with van der Waals surface area (Å²) in [5.74, 6) is 0.995. The molecule has 0 atom stereocenters. The molecular formula is C13H14N2O3. The molecule has 0 aliphatic rings. The molecular weight excluding hydrogens is 232 g/mol. The Morgan fingerprint density at radius 1 is 1.17 bits per heavy atom. The number of ether oxygens (including phenoxy) is 2. The molecule has 0 N–H and O–H groups in total. The molecule has 0 aliphatic heterocycles. The Kier molecular flexibility index (Phi) is 3.32. The Balaban J connectivity index is 2.40. The molecule has 5 nitrogen and oxygen atoms in total. The zero-order valence-electron chi connectivity index (χ0n) is 10.5. The van der Waals surface area contributed by atoms with Crippen LogP contribution in [-0.2, 0) is 7.05 Å². The van der Waals surface area contributed by atoms with Crippen molar-refractivity contribution in [2.45, 2.75) is 0 Å². The van der Waals surface area contributed by atoms with Gasteiger partial charge >= 0.3 is 0 Å². The first-order valence-corrected chi connectivity index (χ1v) is 5.41. The lowest BCUT2D eigenvalue weighted by Gasteiger charge is -2.06. The van der Waals surface area contributed by atoms with Crippen LogP contribution >= 0.6 is 0 Å². The Morgan fingerprint density at radius 2 is 1.78 bits per heavy atom. The zero-order chi connectivity index (χ0) is 13.1. The second-order valence-electron chi connectivity index (χ2n) is 3.81. The average Bonchev–Trinajstić information content (AvgIpc) is 2.83. The van der Waals surface area contributed by atoms with Gasteiger partial charge in [-0.15, -0.1) is 0 Å².